The number of nitrogens with zero attached hydrogens (tertiary/aromatic N) is 2. The maximum Gasteiger partial charge on any atom is 0.269 e. The Morgan fingerprint density at radius 3 is 2.60 bits per heavy atom. The number of carbonyl (C=O) groups excluding carboxylic acids is 1. The van der Waals surface area contributed by atoms with E-state index in [1.54, 1.807) is 6.20 Å². The largest absolute Gasteiger partial charge is 0.387 e. The molecule has 1 fully saturated rings. The minimum Gasteiger partial charge on any atom is -0.387 e. The predicted molar refractivity (Wildman–Crippen MR) is 80.6 cm³/mol. The molecule has 0 bridgehead atoms. The van der Waals surface area contributed by atoms with Gasteiger partial charge in [0.1, 0.15) is 0 Å². The van der Waals surface area contributed by atoms with Crippen LogP contribution < -0.4 is 10.7 Å². The van der Waals surface area contributed by atoms with E-state index in [0.29, 0.717) is 17.6 Å². The Labute approximate surface area is 120 Å². The van der Waals surface area contributed by atoms with E-state index in [9.17, 15) is 4.79 Å². The first-order valence-electron chi connectivity index (χ1n) is 7.26. The number of carbonyl (C=O) groups is 1. The zero-order chi connectivity index (χ0) is 14.7. The Balaban J connectivity index is 2.15. The summed E-state index contributed by atoms with van der Waals surface area (Å²) >= 11 is 0. The van der Waals surface area contributed by atoms with Crippen molar-refractivity contribution in [2.75, 3.05) is 12.4 Å². The molecular formula is C15H24N4O. The van der Waals surface area contributed by atoms with Crippen molar-refractivity contribution >= 4 is 11.6 Å². The van der Waals surface area contributed by atoms with Crippen molar-refractivity contribution in [1.29, 1.82) is 0 Å². The number of pyridine rings is 1. The van der Waals surface area contributed by atoms with Crippen LogP contribution in [0.3, 0.4) is 0 Å². The molecule has 2 unspecified atom stereocenters. The summed E-state index contributed by atoms with van der Waals surface area (Å²) in [7, 11) is 1.82. The minimum absolute atomic E-state index is 0.0950. The highest BCUT2D eigenvalue weighted by Gasteiger charge is 2.27. The van der Waals surface area contributed by atoms with E-state index in [4.69, 9.17) is 0 Å². The highest BCUT2D eigenvalue weighted by molar-refractivity contribution is 5.99. The van der Waals surface area contributed by atoms with Gasteiger partial charge in [0.2, 0.25) is 0 Å². The molecule has 1 aromatic heterocycles. The third-order valence-corrected chi connectivity index (χ3v) is 3.98. The topological polar surface area (TPSA) is 57.3 Å². The standard InChI is InChI=1S/C15H24N4O/c1-10-8-14(16-4)13(9-17-10)15(20)18-19-11(2)6-5-7-12(19)3/h8-9,11-12H,5-7H2,1-4H3,(H,16,17)(H,18,20). The maximum absolute atomic E-state index is 12.5. The maximum atomic E-state index is 12.5. The number of nitrogens with one attached hydrogen (secondary N) is 2. The molecule has 20 heavy (non-hydrogen) atoms. The second-order valence-electron chi connectivity index (χ2n) is 5.60. The van der Waals surface area contributed by atoms with Crippen molar-refractivity contribution in [3.05, 3.63) is 23.5 Å². The molecule has 2 atom stereocenters. The molecular weight excluding hydrogens is 252 g/mol. The van der Waals surface area contributed by atoms with Gasteiger partial charge in [-0.05, 0) is 39.7 Å². The summed E-state index contributed by atoms with van der Waals surface area (Å²) in [6.45, 7) is 6.22. The molecule has 0 spiro atoms. The molecule has 2 rings (SSSR count). The van der Waals surface area contributed by atoms with E-state index in [2.05, 4.69) is 34.6 Å². The summed E-state index contributed by atoms with van der Waals surface area (Å²) in [5.41, 5.74) is 5.34. The first kappa shape index (κ1) is 14.8. The van der Waals surface area contributed by atoms with Crippen LogP contribution in [0.1, 0.15) is 49.2 Å². The average molecular weight is 276 g/mol. The van der Waals surface area contributed by atoms with Gasteiger partial charge in [-0.3, -0.25) is 15.2 Å². The summed E-state index contributed by atoms with van der Waals surface area (Å²) in [4.78, 5) is 16.7. The van der Waals surface area contributed by atoms with Crippen molar-refractivity contribution in [3.63, 3.8) is 0 Å². The van der Waals surface area contributed by atoms with Gasteiger partial charge >= 0.3 is 0 Å². The third kappa shape index (κ3) is 3.10. The number of amides is 1. The van der Waals surface area contributed by atoms with Crippen LogP contribution in [0.15, 0.2) is 12.3 Å². The van der Waals surface area contributed by atoms with Crippen molar-refractivity contribution in [1.82, 2.24) is 15.4 Å². The third-order valence-electron chi connectivity index (χ3n) is 3.98. The number of hydrogen-bond donors (Lipinski definition) is 2. The molecule has 0 aliphatic carbocycles. The minimum atomic E-state index is -0.0950. The molecule has 5 heteroatoms. The summed E-state index contributed by atoms with van der Waals surface area (Å²) in [5, 5.41) is 5.13. The fourth-order valence-corrected chi connectivity index (χ4v) is 2.77. The van der Waals surface area contributed by atoms with Crippen LogP contribution in [0.4, 0.5) is 5.69 Å². The average Bonchev–Trinajstić information content (AvgIpc) is 2.42. The number of rotatable bonds is 3. The molecule has 0 aromatic carbocycles. The molecule has 2 N–H and O–H groups in total. The molecule has 0 saturated carbocycles. The van der Waals surface area contributed by atoms with E-state index in [-0.39, 0.29) is 5.91 Å². The molecule has 1 aliphatic rings. The molecule has 2 heterocycles. The highest BCUT2D eigenvalue weighted by atomic mass is 16.2. The lowest BCUT2D eigenvalue weighted by Gasteiger charge is -2.38. The van der Waals surface area contributed by atoms with Crippen LogP contribution in [0, 0.1) is 6.92 Å². The van der Waals surface area contributed by atoms with Gasteiger partial charge < -0.3 is 5.32 Å². The number of hydrogen-bond acceptors (Lipinski definition) is 4. The predicted octanol–water partition coefficient (Wildman–Crippen LogP) is 2.34. The highest BCUT2D eigenvalue weighted by Crippen LogP contribution is 2.21. The van der Waals surface area contributed by atoms with Gasteiger partial charge in [0.25, 0.3) is 5.91 Å². The van der Waals surface area contributed by atoms with Crippen LogP contribution in [0.2, 0.25) is 0 Å². The van der Waals surface area contributed by atoms with E-state index < -0.39 is 0 Å². The zero-order valence-corrected chi connectivity index (χ0v) is 12.7. The molecule has 110 valence electrons. The molecule has 1 aliphatic heterocycles. The van der Waals surface area contributed by atoms with Crippen molar-refractivity contribution in [3.8, 4) is 0 Å². The van der Waals surface area contributed by atoms with Gasteiger partial charge in [0, 0.05) is 31.0 Å². The Morgan fingerprint density at radius 1 is 1.35 bits per heavy atom. The zero-order valence-electron chi connectivity index (χ0n) is 12.7. The fourth-order valence-electron chi connectivity index (χ4n) is 2.77. The lowest BCUT2D eigenvalue weighted by molar-refractivity contribution is 0.0370. The van der Waals surface area contributed by atoms with E-state index in [1.807, 2.05) is 20.0 Å². The van der Waals surface area contributed by atoms with Gasteiger partial charge in [-0.1, -0.05) is 6.42 Å². The van der Waals surface area contributed by atoms with Crippen molar-refractivity contribution < 1.29 is 4.79 Å². The number of hydrazine groups is 1. The fraction of sp³-hybridized carbons (Fsp3) is 0.600. The van der Waals surface area contributed by atoms with Gasteiger partial charge in [-0.25, -0.2) is 5.01 Å². The van der Waals surface area contributed by atoms with Gasteiger partial charge in [-0.15, -0.1) is 0 Å². The van der Waals surface area contributed by atoms with Crippen LogP contribution >= 0.6 is 0 Å². The summed E-state index contributed by atoms with van der Waals surface area (Å²) < 4.78 is 0. The quantitative estimate of drug-likeness (QED) is 0.889. The van der Waals surface area contributed by atoms with Crippen LogP contribution in [-0.2, 0) is 0 Å². The van der Waals surface area contributed by atoms with Gasteiger partial charge in [-0.2, -0.15) is 0 Å². The summed E-state index contributed by atoms with van der Waals surface area (Å²) in [6.07, 6.45) is 5.10. The lowest BCUT2D eigenvalue weighted by atomic mass is 10.00. The van der Waals surface area contributed by atoms with E-state index in [1.165, 1.54) is 6.42 Å². The number of aromatic nitrogens is 1. The first-order valence-corrected chi connectivity index (χ1v) is 7.26. The molecule has 5 nitrogen and oxygen atoms in total. The Bertz CT molecular complexity index is 479. The van der Waals surface area contributed by atoms with Crippen LogP contribution in [0.5, 0.6) is 0 Å². The summed E-state index contributed by atoms with van der Waals surface area (Å²) in [6, 6.07) is 2.64. The van der Waals surface area contributed by atoms with E-state index in [0.717, 1.165) is 24.2 Å². The SMILES string of the molecule is CNc1cc(C)ncc1C(=O)NN1C(C)CCCC1C. The Morgan fingerprint density at radius 2 is 2.00 bits per heavy atom. The second kappa shape index (κ2) is 6.22. The number of aryl methyl sites for hydroxylation is 1. The molecule has 1 saturated heterocycles. The van der Waals surface area contributed by atoms with Crippen molar-refractivity contribution in [2.45, 2.75) is 52.1 Å². The van der Waals surface area contributed by atoms with Crippen molar-refractivity contribution in [2.24, 2.45) is 0 Å². The normalized spacial score (nSPS) is 23.4. The number of piperidine rings is 1. The number of anilines is 1. The summed E-state index contributed by atoms with van der Waals surface area (Å²) in [5.74, 6) is -0.0950. The Hall–Kier alpha value is -1.62. The Kier molecular flexibility index (Phi) is 4.60. The van der Waals surface area contributed by atoms with Gasteiger partial charge in [0.15, 0.2) is 0 Å². The monoisotopic (exact) mass is 276 g/mol. The second-order valence-corrected chi connectivity index (χ2v) is 5.60. The molecule has 1 aromatic rings. The van der Waals surface area contributed by atoms with Crippen LogP contribution in [-0.4, -0.2) is 35.0 Å². The lowest BCUT2D eigenvalue weighted by Crippen LogP contribution is -2.54. The van der Waals surface area contributed by atoms with Crippen LogP contribution in [0.25, 0.3) is 0 Å². The smallest absolute Gasteiger partial charge is 0.269 e. The van der Waals surface area contributed by atoms with Gasteiger partial charge in [0.05, 0.1) is 11.3 Å². The first-order chi connectivity index (χ1) is 9.52. The van der Waals surface area contributed by atoms with E-state index >= 15 is 0 Å². The molecule has 1 amide bonds. The molecule has 0 radical (unpaired) electrons.